The minimum atomic E-state index is -0.836. The molecule has 1 amide bonds. The molecule has 0 saturated carbocycles. The molecule has 0 spiro atoms. The second kappa shape index (κ2) is 7.56. The summed E-state index contributed by atoms with van der Waals surface area (Å²) in [5, 5.41) is 14.3. The maximum atomic E-state index is 12.4. The molecule has 2 aromatic rings. The zero-order valence-corrected chi connectivity index (χ0v) is 15.6. The molecule has 0 unspecified atom stereocenters. The van der Waals surface area contributed by atoms with Gasteiger partial charge in [-0.2, -0.15) is 5.01 Å². The van der Waals surface area contributed by atoms with E-state index in [1.165, 1.54) is 39.4 Å². The lowest BCUT2D eigenvalue weighted by Gasteiger charge is -2.04. The van der Waals surface area contributed by atoms with Gasteiger partial charge >= 0.3 is 5.97 Å². The van der Waals surface area contributed by atoms with Crippen LogP contribution in [0.15, 0.2) is 40.3 Å². The monoisotopic (exact) mass is 396 g/mol. The molecule has 3 rings (SSSR count). The van der Waals surface area contributed by atoms with E-state index in [1.807, 2.05) is 24.3 Å². The summed E-state index contributed by atoms with van der Waals surface area (Å²) >= 11 is 9.48. The molecular weight excluding hydrogens is 384 g/mol. The number of carboxylic acids is 1. The summed E-state index contributed by atoms with van der Waals surface area (Å²) in [6.45, 7) is 0. The Labute approximate surface area is 155 Å². The Morgan fingerprint density at radius 2 is 1.96 bits per heavy atom. The topological polar surface area (TPSA) is 70.0 Å². The highest BCUT2D eigenvalue weighted by molar-refractivity contribution is 8.26. The fourth-order valence-electron chi connectivity index (χ4n) is 2.02. The first-order valence-corrected chi connectivity index (χ1v) is 9.92. The molecule has 1 aliphatic rings. The molecule has 2 heterocycles. The Bertz CT molecular complexity index is 877. The van der Waals surface area contributed by atoms with E-state index in [0.717, 1.165) is 13.4 Å². The van der Waals surface area contributed by atoms with Gasteiger partial charge in [0.2, 0.25) is 0 Å². The van der Waals surface area contributed by atoms with Gasteiger partial charge < -0.3 is 5.11 Å². The van der Waals surface area contributed by atoms with Crippen LogP contribution in [0.1, 0.15) is 19.3 Å². The number of carboxylic acid groups (broad SMARTS) is 1. The van der Waals surface area contributed by atoms with Gasteiger partial charge in [0.25, 0.3) is 5.91 Å². The van der Waals surface area contributed by atoms with Crippen molar-refractivity contribution in [2.24, 2.45) is 5.10 Å². The van der Waals surface area contributed by atoms with Crippen LogP contribution < -0.4 is 3.98 Å². The maximum Gasteiger partial charge on any atom is 0.303 e. The standard InChI is InChI=1S/C15H12N2O3S4/c18-12(19)8-4-3-7-11-13(20)17(15(21)24-11)16-14-22-9-5-1-2-6-10(9)23-14/h1-2,5-7H,3-4,8H2,(H,18,19). The number of hydrogen-bond donors (Lipinski definition) is 1. The van der Waals surface area contributed by atoms with Crippen LogP contribution in [0.2, 0.25) is 0 Å². The van der Waals surface area contributed by atoms with Gasteiger partial charge in [0.05, 0.1) is 4.91 Å². The number of thiocarbonyl (C=S) groups is 1. The first kappa shape index (κ1) is 17.3. The molecule has 1 aliphatic heterocycles. The lowest BCUT2D eigenvalue weighted by molar-refractivity contribution is -0.137. The number of rotatable bonds is 5. The van der Waals surface area contributed by atoms with E-state index in [2.05, 4.69) is 5.10 Å². The zero-order chi connectivity index (χ0) is 17.1. The maximum absolute atomic E-state index is 12.4. The highest BCUT2D eigenvalue weighted by Gasteiger charge is 2.32. The number of carbonyl (C=O) groups excluding carboxylic acids is 1. The lowest BCUT2D eigenvalue weighted by Crippen LogP contribution is -2.23. The molecule has 1 saturated heterocycles. The second-order valence-corrected chi connectivity index (χ2v) is 8.85. The highest BCUT2D eigenvalue weighted by Crippen LogP contribution is 2.32. The molecule has 24 heavy (non-hydrogen) atoms. The number of aliphatic carboxylic acids is 1. The molecule has 5 nitrogen and oxygen atoms in total. The average Bonchev–Trinajstić information content (AvgIpc) is 3.07. The Kier molecular flexibility index (Phi) is 5.44. The number of thioether (sulfide) groups is 1. The van der Waals surface area contributed by atoms with Crippen molar-refractivity contribution in [2.75, 3.05) is 0 Å². The predicted molar refractivity (Wildman–Crippen MR) is 102 cm³/mol. The van der Waals surface area contributed by atoms with Gasteiger partial charge in [0, 0.05) is 15.8 Å². The van der Waals surface area contributed by atoms with Crippen LogP contribution in [0, 0.1) is 0 Å². The molecule has 0 aliphatic carbocycles. The third-order valence-corrected chi connectivity index (χ3v) is 6.75. The van der Waals surface area contributed by atoms with Crippen molar-refractivity contribution in [1.82, 2.24) is 5.01 Å². The van der Waals surface area contributed by atoms with Crippen molar-refractivity contribution in [2.45, 2.75) is 19.3 Å². The van der Waals surface area contributed by atoms with E-state index in [0.29, 0.717) is 22.1 Å². The molecule has 1 fully saturated rings. The van der Waals surface area contributed by atoms with Gasteiger partial charge in [-0.25, -0.2) is 0 Å². The van der Waals surface area contributed by atoms with Crippen molar-refractivity contribution in [3.63, 3.8) is 0 Å². The number of nitrogens with zero attached hydrogens (tertiary/aromatic N) is 2. The number of amides is 1. The van der Waals surface area contributed by atoms with Crippen LogP contribution in [0.25, 0.3) is 9.40 Å². The first-order chi connectivity index (χ1) is 11.5. The van der Waals surface area contributed by atoms with E-state index >= 15 is 0 Å². The first-order valence-electron chi connectivity index (χ1n) is 7.06. The largest absolute Gasteiger partial charge is 0.481 e. The van der Waals surface area contributed by atoms with Crippen molar-refractivity contribution in [3.8, 4) is 0 Å². The Morgan fingerprint density at radius 3 is 2.58 bits per heavy atom. The van der Waals surface area contributed by atoms with Crippen molar-refractivity contribution >= 4 is 72.3 Å². The molecule has 1 N–H and O–H groups in total. The number of unbranched alkanes of at least 4 members (excludes halogenated alkanes) is 1. The van der Waals surface area contributed by atoms with Crippen LogP contribution in [0.3, 0.4) is 0 Å². The molecule has 124 valence electrons. The van der Waals surface area contributed by atoms with Crippen LogP contribution in [0.4, 0.5) is 0 Å². The third kappa shape index (κ3) is 3.92. The van der Waals surface area contributed by atoms with Crippen molar-refractivity contribution in [1.29, 1.82) is 0 Å². The van der Waals surface area contributed by atoms with Gasteiger partial charge in [0.15, 0.2) is 8.31 Å². The molecular formula is C15H12N2O3S4. The summed E-state index contributed by atoms with van der Waals surface area (Å²) < 4.78 is 3.40. The fourth-order valence-corrected chi connectivity index (χ4v) is 5.39. The van der Waals surface area contributed by atoms with E-state index in [4.69, 9.17) is 17.3 Å². The number of carbonyl (C=O) groups is 2. The Balaban J connectivity index is 1.78. The highest BCUT2D eigenvalue weighted by atomic mass is 32.2. The fraction of sp³-hybridized carbons (Fsp3) is 0.200. The second-order valence-electron chi connectivity index (χ2n) is 4.86. The normalized spacial score (nSPS) is 16.3. The van der Waals surface area contributed by atoms with Crippen molar-refractivity contribution < 1.29 is 14.7 Å². The summed E-state index contributed by atoms with van der Waals surface area (Å²) in [5.74, 6) is -1.08. The number of allylic oxidation sites excluding steroid dienone is 1. The Hall–Kier alpha value is -1.55. The zero-order valence-electron chi connectivity index (χ0n) is 12.3. The minimum absolute atomic E-state index is 0.0879. The van der Waals surface area contributed by atoms with Gasteiger partial charge in [-0.05, 0) is 37.2 Å². The van der Waals surface area contributed by atoms with E-state index in [1.54, 1.807) is 6.08 Å². The number of benzene rings is 1. The molecule has 1 aromatic carbocycles. The summed E-state index contributed by atoms with van der Waals surface area (Å²) in [6.07, 6.45) is 2.86. The van der Waals surface area contributed by atoms with Crippen LogP contribution in [-0.2, 0) is 9.59 Å². The number of fused-ring (bicyclic) bond motifs is 1. The quantitative estimate of drug-likeness (QED) is 0.473. The van der Waals surface area contributed by atoms with Gasteiger partial charge in [-0.1, -0.05) is 30.0 Å². The summed E-state index contributed by atoms with van der Waals surface area (Å²) in [5.41, 5.74) is 0. The molecule has 0 radical (unpaired) electrons. The Morgan fingerprint density at radius 1 is 1.29 bits per heavy atom. The molecule has 0 atom stereocenters. The van der Waals surface area contributed by atoms with E-state index in [-0.39, 0.29) is 12.3 Å². The average molecular weight is 397 g/mol. The minimum Gasteiger partial charge on any atom is -0.481 e. The SMILES string of the molecule is O=C(O)CCCC=C1SC(=S)N(N=c2sc3ccccc3s2)C1=O. The van der Waals surface area contributed by atoms with Gasteiger partial charge in [-0.15, -0.1) is 27.8 Å². The van der Waals surface area contributed by atoms with Crippen LogP contribution >= 0.6 is 46.7 Å². The third-order valence-electron chi connectivity index (χ3n) is 3.12. The summed E-state index contributed by atoms with van der Waals surface area (Å²) in [7, 11) is 0. The predicted octanol–water partition coefficient (Wildman–Crippen LogP) is 3.78. The van der Waals surface area contributed by atoms with E-state index in [9.17, 15) is 9.59 Å². The van der Waals surface area contributed by atoms with Gasteiger partial charge in [-0.3, -0.25) is 9.59 Å². The van der Waals surface area contributed by atoms with Crippen LogP contribution in [-0.4, -0.2) is 26.3 Å². The molecule has 9 heteroatoms. The lowest BCUT2D eigenvalue weighted by atomic mass is 10.2. The van der Waals surface area contributed by atoms with Crippen LogP contribution in [0.5, 0.6) is 0 Å². The summed E-state index contributed by atoms with van der Waals surface area (Å²) in [4.78, 5) is 23.4. The van der Waals surface area contributed by atoms with Gasteiger partial charge in [0.1, 0.15) is 0 Å². The summed E-state index contributed by atoms with van der Waals surface area (Å²) in [6, 6.07) is 7.97. The smallest absolute Gasteiger partial charge is 0.303 e. The molecule has 0 bridgehead atoms. The number of hydrogen-bond acceptors (Lipinski definition) is 7. The van der Waals surface area contributed by atoms with Crippen molar-refractivity contribution in [3.05, 3.63) is 39.2 Å². The molecule has 1 aromatic heterocycles. The van der Waals surface area contributed by atoms with E-state index < -0.39 is 5.97 Å².